The van der Waals surface area contributed by atoms with Gasteiger partial charge in [0.25, 0.3) is 6.08 Å². The van der Waals surface area contributed by atoms with Crippen LogP contribution in [0.1, 0.15) is 6.42 Å². The lowest BCUT2D eigenvalue weighted by atomic mass is 10.2. The number of benzene rings is 1. The Morgan fingerprint density at radius 3 is 2.85 bits per heavy atom. The highest BCUT2D eigenvalue weighted by atomic mass is 79.9. The van der Waals surface area contributed by atoms with Gasteiger partial charge in [0.1, 0.15) is 0 Å². The van der Waals surface area contributed by atoms with E-state index in [9.17, 15) is 13.6 Å². The van der Waals surface area contributed by atoms with E-state index in [1.54, 1.807) is 7.05 Å². The summed E-state index contributed by atoms with van der Waals surface area (Å²) >= 11 is 3.35. The van der Waals surface area contributed by atoms with Gasteiger partial charge in [-0.1, -0.05) is 28.1 Å². The van der Waals surface area contributed by atoms with E-state index < -0.39 is 6.08 Å². The maximum absolute atomic E-state index is 12.0. The molecule has 0 aliphatic rings. The van der Waals surface area contributed by atoms with Crippen molar-refractivity contribution < 1.29 is 8.78 Å². The summed E-state index contributed by atoms with van der Waals surface area (Å²) in [5, 5.41) is 4.19. The molecule has 1 aromatic carbocycles. The molecule has 1 aromatic heterocycles. The largest absolute Gasteiger partial charge is 0.345 e. The quantitative estimate of drug-likeness (QED) is 0.855. The van der Waals surface area contributed by atoms with Crippen LogP contribution >= 0.6 is 15.9 Å². The van der Waals surface area contributed by atoms with Gasteiger partial charge in [0.05, 0.1) is 6.54 Å². The van der Waals surface area contributed by atoms with Crippen molar-refractivity contribution in [2.75, 3.05) is 0 Å². The van der Waals surface area contributed by atoms with Gasteiger partial charge in [-0.05, 0) is 24.6 Å². The van der Waals surface area contributed by atoms with Crippen molar-refractivity contribution in [1.29, 1.82) is 0 Å². The molecule has 106 valence electrons. The van der Waals surface area contributed by atoms with E-state index in [1.807, 2.05) is 24.3 Å². The van der Waals surface area contributed by atoms with Crippen molar-refractivity contribution in [3.8, 4) is 11.4 Å². The summed E-state index contributed by atoms with van der Waals surface area (Å²) in [7, 11) is 1.60. The van der Waals surface area contributed by atoms with E-state index in [0.717, 1.165) is 16.1 Å². The van der Waals surface area contributed by atoms with Crippen LogP contribution in [0.3, 0.4) is 0 Å². The standard InChI is InChI=1S/C13H12BrF2N3O/c1-18-12(9-4-2-5-10(14)8-9)17-19(13(18)20)7-3-6-11(15)16/h2,4-6,8H,3,7H2,1H3. The predicted molar refractivity (Wildman–Crippen MR) is 75.5 cm³/mol. The van der Waals surface area contributed by atoms with Crippen LogP contribution < -0.4 is 5.69 Å². The van der Waals surface area contributed by atoms with Crippen LogP contribution in [-0.2, 0) is 13.6 Å². The summed E-state index contributed by atoms with van der Waals surface area (Å²) in [5.41, 5.74) is 0.456. The molecule has 0 saturated carbocycles. The third kappa shape index (κ3) is 3.22. The Bertz CT molecular complexity index is 702. The molecule has 0 unspecified atom stereocenters. The van der Waals surface area contributed by atoms with Crippen molar-refractivity contribution in [3.05, 3.63) is 51.4 Å². The molecule has 0 radical (unpaired) electrons. The van der Waals surface area contributed by atoms with Gasteiger partial charge in [0.2, 0.25) is 0 Å². The molecule has 0 bridgehead atoms. The zero-order chi connectivity index (χ0) is 14.7. The zero-order valence-corrected chi connectivity index (χ0v) is 12.3. The fourth-order valence-corrected chi connectivity index (χ4v) is 2.21. The summed E-state index contributed by atoms with van der Waals surface area (Å²) < 4.78 is 27.4. The third-order valence-electron chi connectivity index (χ3n) is 2.76. The van der Waals surface area contributed by atoms with Crippen LogP contribution in [0, 0.1) is 0 Å². The van der Waals surface area contributed by atoms with Gasteiger partial charge >= 0.3 is 5.69 Å². The minimum atomic E-state index is -1.75. The van der Waals surface area contributed by atoms with E-state index in [0.29, 0.717) is 5.82 Å². The fourth-order valence-electron chi connectivity index (χ4n) is 1.81. The molecule has 0 fully saturated rings. The van der Waals surface area contributed by atoms with Crippen LogP contribution in [0.5, 0.6) is 0 Å². The lowest BCUT2D eigenvalue weighted by Crippen LogP contribution is -2.23. The van der Waals surface area contributed by atoms with E-state index in [2.05, 4.69) is 21.0 Å². The van der Waals surface area contributed by atoms with Crippen molar-refractivity contribution in [2.45, 2.75) is 13.0 Å². The highest BCUT2D eigenvalue weighted by Gasteiger charge is 2.11. The first-order chi connectivity index (χ1) is 9.49. The Labute approximate surface area is 122 Å². The number of halogens is 3. The summed E-state index contributed by atoms with van der Waals surface area (Å²) in [6.45, 7) is 0.123. The number of aryl methyl sites for hydroxylation is 1. The van der Waals surface area contributed by atoms with Crippen molar-refractivity contribution in [3.63, 3.8) is 0 Å². The minimum Gasteiger partial charge on any atom is -0.278 e. The second kappa shape index (κ2) is 6.13. The van der Waals surface area contributed by atoms with Gasteiger partial charge in [0.15, 0.2) is 5.82 Å². The molecule has 7 heteroatoms. The van der Waals surface area contributed by atoms with Crippen LogP contribution in [0.25, 0.3) is 11.4 Å². The molecule has 2 aromatic rings. The normalized spacial score (nSPS) is 10.6. The van der Waals surface area contributed by atoms with E-state index in [-0.39, 0.29) is 18.7 Å². The average Bonchev–Trinajstić information content (AvgIpc) is 2.67. The van der Waals surface area contributed by atoms with Crippen LogP contribution in [0.4, 0.5) is 8.78 Å². The first-order valence-corrected chi connectivity index (χ1v) is 6.69. The summed E-state index contributed by atoms with van der Waals surface area (Å²) in [4.78, 5) is 12.0. The molecular weight excluding hydrogens is 332 g/mol. The molecule has 0 spiro atoms. The molecule has 0 saturated heterocycles. The lowest BCUT2D eigenvalue weighted by Gasteiger charge is -1.99. The minimum absolute atomic E-state index is 0.0666. The summed E-state index contributed by atoms with van der Waals surface area (Å²) in [6, 6.07) is 7.38. The Hall–Kier alpha value is -1.76. The number of nitrogens with zero attached hydrogens (tertiary/aromatic N) is 3. The maximum atomic E-state index is 12.0. The molecule has 0 atom stereocenters. The Kier molecular flexibility index (Phi) is 4.49. The second-order valence-electron chi connectivity index (χ2n) is 4.18. The number of hydrogen-bond acceptors (Lipinski definition) is 2. The Morgan fingerprint density at radius 1 is 1.45 bits per heavy atom. The van der Waals surface area contributed by atoms with Crippen molar-refractivity contribution in [2.24, 2.45) is 7.05 Å². The Balaban J connectivity index is 2.33. The van der Waals surface area contributed by atoms with Gasteiger partial charge in [0, 0.05) is 17.1 Å². The fraction of sp³-hybridized carbons (Fsp3) is 0.231. The monoisotopic (exact) mass is 343 g/mol. The lowest BCUT2D eigenvalue weighted by molar-refractivity contribution is 0.415. The first-order valence-electron chi connectivity index (χ1n) is 5.90. The van der Waals surface area contributed by atoms with Gasteiger partial charge in [-0.15, -0.1) is 5.10 Å². The molecule has 4 nitrogen and oxygen atoms in total. The molecule has 20 heavy (non-hydrogen) atoms. The average molecular weight is 344 g/mol. The number of aromatic nitrogens is 3. The summed E-state index contributed by atoms with van der Waals surface area (Å²) in [5.74, 6) is 0.501. The topological polar surface area (TPSA) is 39.8 Å². The number of allylic oxidation sites excluding steroid dienone is 1. The predicted octanol–water partition coefficient (Wildman–Crippen LogP) is 3.18. The molecule has 0 aliphatic carbocycles. The molecule has 0 amide bonds. The van der Waals surface area contributed by atoms with Gasteiger partial charge in [-0.2, -0.15) is 8.78 Å². The second-order valence-corrected chi connectivity index (χ2v) is 5.10. The van der Waals surface area contributed by atoms with E-state index in [1.165, 1.54) is 9.25 Å². The van der Waals surface area contributed by atoms with Crippen LogP contribution in [0.2, 0.25) is 0 Å². The van der Waals surface area contributed by atoms with Crippen LogP contribution in [-0.4, -0.2) is 14.3 Å². The SMILES string of the molecule is Cn1c(-c2cccc(Br)c2)nn(CCC=C(F)F)c1=O. The maximum Gasteiger partial charge on any atom is 0.345 e. The van der Waals surface area contributed by atoms with Gasteiger partial charge < -0.3 is 0 Å². The smallest absolute Gasteiger partial charge is 0.278 e. The molecule has 0 N–H and O–H groups in total. The zero-order valence-electron chi connectivity index (χ0n) is 10.7. The summed E-state index contributed by atoms with van der Waals surface area (Å²) in [6.07, 6.45) is -0.905. The molecule has 0 aliphatic heterocycles. The van der Waals surface area contributed by atoms with E-state index in [4.69, 9.17) is 0 Å². The van der Waals surface area contributed by atoms with Crippen molar-refractivity contribution >= 4 is 15.9 Å². The third-order valence-corrected chi connectivity index (χ3v) is 3.26. The van der Waals surface area contributed by atoms with Gasteiger partial charge in [-0.3, -0.25) is 4.57 Å². The molecule has 1 heterocycles. The number of rotatable bonds is 4. The van der Waals surface area contributed by atoms with Crippen molar-refractivity contribution in [1.82, 2.24) is 14.3 Å². The molecular formula is C13H12BrF2N3O. The van der Waals surface area contributed by atoms with Crippen LogP contribution in [0.15, 0.2) is 45.7 Å². The Morgan fingerprint density at radius 2 is 2.20 bits per heavy atom. The first kappa shape index (κ1) is 14.6. The van der Waals surface area contributed by atoms with Gasteiger partial charge in [-0.25, -0.2) is 9.48 Å². The highest BCUT2D eigenvalue weighted by molar-refractivity contribution is 9.10. The van der Waals surface area contributed by atoms with E-state index >= 15 is 0 Å². The number of hydrogen-bond donors (Lipinski definition) is 0. The highest BCUT2D eigenvalue weighted by Crippen LogP contribution is 2.19. The molecule has 2 rings (SSSR count).